The van der Waals surface area contributed by atoms with E-state index in [9.17, 15) is 23.1 Å². The largest absolute Gasteiger partial charge is 0.481 e. The zero-order valence-corrected chi connectivity index (χ0v) is 15.9. The van der Waals surface area contributed by atoms with Gasteiger partial charge in [0.25, 0.3) is 0 Å². The highest BCUT2D eigenvalue weighted by Crippen LogP contribution is 2.38. The van der Waals surface area contributed by atoms with E-state index < -0.39 is 23.6 Å². The number of anilines is 1. The van der Waals surface area contributed by atoms with E-state index in [0.717, 1.165) is 23.4 Å². The van der Waals surface area contributed by atoms with Gasteiger partial charge in [-0.15, -0.1) is 0 Å². The molecule has 1 fully saturated rings. The van der Waals surface area contributed by atoms with E-state index in [2.05, 4.69) is 13.8 Å². The first kappa shape index (κ1) is 20.2. The fourth-order valence-corrected chi connectivity index (χ4v) is 3.75. The van der Waals surface area contributed by atoms with Crippen molar-refractivity contribution in [1.29, 1.82) is 0 Å². The number of alkyl halides is 3. The van der Waals surface area contributed by atoms with Crippen LogP contribution in [0.4, 0.5) is 18.9 Å². The lowest BCUT2D eigenvalue weighted by Gasteiger charge is -2.40. The minimum absolute atomic E-state index is 0.150. The molecule has 0 amide bonds. The maximum absolute atomic E-state index is 12.9. The van der Waals surface area contributed by atoms with Gasteiger partial charge >= 0.3 is 12.1 Å². The third-order valence-electron chi connectivity index (χ3n) is 5.45. The van der Waals surface area contributed by atoms with Crippen LogP contribution in [0.15, 0.2) is 48.5 Å². The van der Waals surface area contributed by atoms with Crippen LogP contribution in [-0.4, -0.2) is 17.6 Å². The van der Waals surface area contributed by atoms with Gasteiger partial charge in [-0.2, -0.15) is 13.2 Å². The molecule has 0 aromatic heterocycles. The van der Waals surface area contributed by atoms with E-state index in [0.29, 0.717) is 25.3 Å². The summed E-state index contributed by atoms with van der Waals surface area (Å²) in [5, 5.41) is 9.45. The lowest BCUT2D eigenvalue weighted by atomic mass is 9.88. The van der Waals surface area contributed by atoms with E-state index >= 15 is 0 Å². The van der Waals surface area contributed by atoms with Gasteiger partial charge < -0.3 is 10.0 Å². The Kier molecular flexibility index (Phi) is 5.68. The molecule has 0 spiro atoms. The molecule has 1 heterocycles. The van der Waals surface area contributed by atoms with Crippen molar-refractivity contribution in [3.8, 4) is 0 Å². The monoisotopic (exact) mass is 391 g/mol. The topological polar surface area (TPSA) is 40.5 Å². The van der Waals surface area contributed by atoms with Crippen LogP contribution < -0.4 is 4.90 Å². The summed E-state index contributed by atoms with van der Waals surface area (Å²) in [4.78, 5) is 13.5. The van der Waals surface area contributed by atoms with Gasteiger partial charge in [0.05, 0.1) is 17.5 Å². The van der Waals surface area contributed by atoms with Crippen molar-refractivity contribution in [2.24, 2.45) is 5.92 Å². The summed E-state index contributed by atoms with van der Waals surface area (Å²) in [7, 11) is 0. The van der Waals surface area contributed by atoms with Crippen molar-refractivity contribution in [1.82, 2.24) is 0 Å². The first-order valence-electron chi connectivity index (χ1n) is 9.43. The molecular weight excluding hydrogens is 367 g/mol. The van der Waals surface area contributed by atoms with Crippen LogP contribution in [0.5, 0.6) is 0 Å². The average Bonchev–Trinajstić information content (AvgIpc) is 2.67. The molecule has 150 valence electrons. The normalized spacial score (nSPS) is 20.4. The van der Waals surface area contributed by atoms with Gasteiger partial charge in [-0.3, -0.25) is 4.79 Å². The minimum Gasteiger partial charge on any atom is -0.481 e. The molecule has 3 rings (SSSR count). The van der Waals surface area contributed by atoms with Crippen molar-refractivity contribution in [3.63, 3.8) is 0 Å². The number of nitrogens with zero attached hydrogens (tertiary/aromatic N) is 1. The number of benzene rings is 2. The van der Waals surface area contributed by atoms with Crippen LogP contribution in [0.25, 0.3) is 0 Å². The summed E-state index contributed by atoms with van der Waals surface area (Å²) in [5.74, 6) is -0.946. The minimum atomic E-state index is -4.37. The van der Waals surface area contributed by atoms with Gasteiger partial charge in [-0.1, -0.05) is 38.1 Å². The summed E-state index contributed by atoms with van der Waals surface area (Å²) >= 11 is 0. The molecule has 28 heavy (non-hydrogen) atoms. The van der Waals surface area contributed by atoms with Crippen LogP contribution in [0, 0.1) is 5.92 Å². The Labute approximate surface area is 162 Å². The van der Waals surface area contributed by atoms with E-state index in [-0.39, 0.29) is 6.04 Å². The molecule has 0 aliphatic carbocycles. The van der Waals surface area contributed by atoms with Crippen molar-refractivity contribution in [2.45, 2.75) is 44.8 Å². The highest BCUT2D eigenvalue weighted by atomic mass is 19.4. The predicted octanol–water partition coefficient (Wildman–Crippen LogP) is 5.87. The smallest absolute Gasteiger partial charge is 0.416 e. The summed E-state index contributed by atoms with van der Waals surface area (Å²) in [6, 6.07) is 13.0. The third-order valence-corrected chi connectivity index (χ3v) is 5.45. The fourth-order valence-electron chi connectivity index (χ4n) is 3.75. The molecule has 0 unspecified atom stereocenters. The van der Waals surface area contributed by atoms with E-state index in [1.165, 1.54) is 17.7 Å². The third kappa shape index (κ3) is 4.32. The number of aliphatic carboxylic acids is 1. The number of piperidine rings is 1. The Morgan fingerprint density at radius 3 is 2.14 bits per heavy atom. The highest BCUT2D eigenvalue weighted by molar-refractivity contribution is 5.71. The second-order valence-corrected chi connectivity index (χ2v) is 7.65. The second kappa shape index (κ2) is 7.86. The van der Waals surface area contributed by atoms with Crippen LogP contribution >= 0.6 is 0 Å². The molecule has 0 bridgehead atoms. The zero-order valence-electron chi connectivity index (χ0n) is 15.9. The van der Waals surface area contributed by atoms with Gasteiger partial charge in [0, 0.05) is 12.2 Å². The molecule has 3 nitrogen and oxygen atoms in total. The summed E-state index contributed by atoms with van der Waals surface area (Å²) in [6.45, 7) is 4.53. The van der Waals surface area contributed by atoms with Gasteiger partial charge in [-0.05, 0) is 54.2 Å². The summed E-state index contributed by atoms with van der Waals surface area (Å²) in [5.41, 5.74) is 2.16. The van der Waals surface area contributed by atoms with Crippen molar-refractivity contribution in [2.75, 3.05) is 11.4 Å². The molecule has 1 aliphatic rings. The maximum atomic E-state index is 12.9. The van der Waals surface area contributed by atoms with Gasteiger partial charge in [0.15, 0.2) is 0 Å². The Hall–Kier alpha value is -2.50. The summed E-state index contributed by atoms with van der Waals surface area (Å²) < 4.78 is 38.6. The molecule has 2 aromatic rings. The number of carbonyl (C=O) groups is 1. The Morgan fingerprint density at radius 2 is 1.64 bits per heavy atom. The summed E-state index contributed by atoms with van der Waals surface area (Å²) in [6.07, 6.45) is -3.29. The Bertz CT molecular complexity index is 813. The Balaban J connectivity index is 1.92. The molecule has 6 heteroatoms. The molecule has 0 saturated carbocycles. The molecular formula is C22H24F3NO2. The van der Waals surface area contributed by atoms with Gasteiger partial charge in [-0.25, -0.2) is 0 Å². The molecule has 1 aliphatic heterocycles. The molecule has 2 aromatic carbocycles. The second-order valence-electron chi connectivity index (χ2n) is 7.65. The van der Waals surface area contributed by atoms with E-state index in [1.54, 1.807) is 0 Å². The number of rotatable bonds is 4. The highest BCUT2D eigenvalue weighted by Gasteiger charge is 2.34. The Morgan fingerprint density at radius 1 is 1.04 bits per heavy atom. The van der Waals surface area contributed by atoms with Crippen LogP contribution in [0.3, 0.4) is 0 Å². The predicted molar refractivity (Wildman–Crippen MR) is 102 cm³/mol. The first-order chi connectivity index (χ1) is 13.2. The van der Waals surface area contributed by atoms with Crippen LogP contribution in [0.1, 0.15) is 55.3 Å². The van der Waals surface area contributed by atoms with Crippen LogP contribution in [-0.2, 0) is 11.0 Å². The lowest BCUT2D eigenvalue weighted by molar-refractivity contribution is -0.142. The number of hydrogen-bond acceptors (Lipinski definition) is 2. The quantitative estimate of drug-likeness (QED) is 0.708. The van der Waals surface area contributed by atoms with E-state index in [1.807, 2.05) is 29.2 Å². The van der Waals surface area contributed by atoms with Gasteiger partial charge in [0.2, 0.25) is 0 Å². The number of hydrogen-bond donors (Lipinski definition) is 1. The van der Waals surface area contributed by atoms with E-state index in [4.69, 9.17) is 0 Å². The number of carboxylic acid groups (broad SMARTS) is 1. The van der Waals surface area contributed by atoms with Gasteiger partial charge in [0.1, 0.15) is 0 Å². The molecule has 1 N–H and O–H groups in total. The SMILES string of the molecule is CC(C)c1ccc(N2C[C@H](C(=O)O)CC[C@H]2c2ccc(C(F)(F)F)cc2)cc1. The number of carboxylic acids is 1. The number of halogens is 3. The van der Waals surface area contributed by atoms with Crippen molar-refractivity contribution < 1.29 is 23.1 Å². The molecule has 1 saturated heterocycles. The van der Waals surface area contributed by atoms with Crippen LogP contribution in [0.2, 0.25) is 0 Å². The lowest BCUT2D eigenvalue weighted by Crippen LogP contribution is -2.41. The molecule has 0 radical (unpaired) electrons. The average molecular weight is 391 g/mol. The van der Waals surface area contributed by atoms with Crippen molar-refractivity contribution in [3.05, 3.63) is 65.2 Å². The maximum Gasteiger partial charge on any atom is 0.416 e. The zero-order chi connectivity index (χ0) is 20.5. The standard InChI is InChI=1S/C22H24F3NO2/c1-14(2)15-5-10-19(11-6-15)26-13-17(21(27)28)7-12-20(26)16-3-8-18(9-4-16)22(23,24)25/h3-6,8-11,14,17,20H,7,12-13H2,1-2H3,(H,27,28)/t17-,20+/m1/s1. The van der Waals surface area contributed by atoms with Crippen molar-refractivity contribution >= 4 is 11.7 Å². The molecule has 2 atom stereocenters. The first-order valence-corrected chi connectivity index (χ1v) is 9.43. The fraction of sp³-hybridized carbons (Fsp3) is 0.409.